The molecule has 0 spiro atoms. The van der Waals surface area contributed by atoms with E-state index in [1.54, 1.807) is 19.1 Å². The molecule has 0 aliphatic carbocycles. The zero-order chi connectivity index (χ0) is 19.3. The number of amides is 1. The Balaban J connectivity index is 2.04. The van der Waals surface area contributed by atoms with Crippen molar-refractivity contribution in [1.29, 1.82) is 0 Å². The summed E-state index contributed by atoms with van der Waals surface area (Å²) in [5.41, 5.74) is 2.37. The first-order valence-electron chi connectivity index (χ1n) is 8.34. The lowest BCUT2D eigenvalue weighted by Crippen LogP contribution is -2.34. The highest BCUT2D eigenvalue weighted by Gasteiger charge is 2.27. The van der Waals surface area contributed by atoms with E-state index in [0.29, 0.717) is 17.3 Å². The summed E-state index contributed by atoms with van der Waals surface area (Å²) < 4.78 is 24.0. The van der Waals surface area contributed by atoms with Crippen molar-refractivity contribution < 1.29 is 13.2 Å². The number of benzene rings is 1. The van der Waals surface area contributed by atoms with Crippen molar-refractivity contribution in [3.05, 3.63) is 41.7 Å². The van der Waals surface area contributed by atoms with Gasteiger partial charge in [0.1, 0.15) is 5.25 Å². The van der Waals surface area contributed by atoms with E-state index in [1.165, 1.54) is 18.7 Å². The van der Waals surface area contributed by atoms with Gasteiger partial charge >= 0.3 is 0 Å². The van der Waals surface area contributed by atoms with Crippen molar-refractivity contribution in [2.45, 2.75) is 49.4 Å². The van der Waals surface area contributed by atoms with Gasteiger partial charge in [-0.25, -0.2) is 18.4 Å². The van der Waals surface area contributed by atoms with E-state index in [4.69, 9.17) is 0 Å². The average Bonchev–Trinajstić information content (AvgIpc) is 2.55. The number of nitrogens with zero attached hydrogens (tertiary/aromatic N) is 2. The number of carbonyl (C=O) groups excluding carboxylic acids is 1. The first kappa shape index (κ1) is 20.4. The highest BCUT2D eigenvalue weighted by Crippen LogP contribution is 2.26. The largest absolute Gasteiger partial charge is 0.325 e. The van der Waals surface area contributed by atoms with Gasteiger partial charge in [-0.1, -0.05) is 6.92 Å². The predicted octanol–water partition coefficient (Wildman–Crippen LogP) is 3.40. The molecule has 2 rings (SSSR count). The summed E-state index contributed by atoms with van der Waals surface area (Å²) in [6.45, 7) is 7.04. The number of anilines is 1. The van der Waals surface area contributed by atoms with Gasteiger partial charge < -0.3 is 5.32 Å². The lowest BCUT2D eigenvalue weighted by atomic mass is 10.3. The van der Waals surface area contributed by atoms with Crippen LogP contribution in [0.3, 0.4) is 0 Å². The number of sulfone groups is 1. The molecule has 1 heterocycles. The molecule has 1 N–H and O–H groups in total. The molecule has 1 aromatic carbocycles. The molecule has 140 valence electrons. The van der Waals surface area contributed by atoms with Gasteiger partial charge in [0, 0.05) is 22.0 Å². The average molecular weight is 394 g/mol. The van der Waals surface area contributed by atoms with Crippen LogP contribution in [0.4, 0.5) is 5.69 Å². The third-order valence-corrected chi connectivity index (χ3v) is 6.83. The van der Waals surface area contributed by atoms with Crippen LogP contribution in [-0.2, 0) is 14.6 Å². The minimum atomic E-state index is -3.42. The van der Waals surface area contributed by atoms with E-state index in [2.05, 4.69) is 15.3 Å². The zero-order valence-electron chi connectivity index (χ0n) is 15.3. The highest BCUT2D eigenvalue weighted by atomic mass is 32.2. The van der Waals surface area contributed by atoms with Gasteiger partial charge in [0.05, 0.1) is 5.75 Å². The van der Waals surface area contributed by atoms with Crippen molar-refractivity contribution in [2.24, 2.45) is 0 Å². The summed E-state index contributed by atoms with van der Waals surface area (Å²) in [4.78, 5) is 21.9. The molecule has 0 saturated carbocycles. The molecular weight excluding hydrogens is 370 g/mol. The Hall–Kier alpha value is -1.93. The lowest BCUT2D eigenvalue weighted by Gasteiger charge is -2.13. The maximum Gasteiger partial charge on any atom is 0.242 e. The van der Waals surface area contributed by atoms with Gasteiger partial charge in [0.15, 0.2) is 15.0 Å². The van der Waals surface area contributed by atoms with Crippen molar-refractivity contribution >= 4 is 33.2 Å². The number of aromatic nitrogens is 2. The smallest absolute Gasteiger partial charge is 0.242 e. The Kier molecular flexibility index (Phi) is 6.77. The summed E-state index contributed by atoms with van der Waals surface area (Å²) in [6.07, 6.45) is 0.492. The normalized spacial score (nSPS) is 12.6. The van der Waals surface area contributed by atoms with E-state index < -0.39 is 21.0 Å². The third-order valence-electron chi connectivity index (χ3n) is 3.69. The minimum absolute atomic E-state index is 0.00702. The van der Waals surface area contributed by atoms with Crippen molar-refractivity contribution in [3.8, 4) is 0 Å². The van der Waals surface area contributed by atoms with Crippen molar-refractivity contribution in [3.63, 3.8) is 0 Å². The monoisotopic (exact) mass is 393 g/mol. The molecule has 26 heavy (non-hydrogen) atoms. The second-order valence-corrected chi connectivity index (χ2v) is 9.54. The van der Waals surface area contributed by atoms with Crippen LogP contribution in [0, 0.1) is 13.8 Å². The topological polar surface area (TPSA) is 89.0 Å². The van der Waals surface area contributed by atoms with Crippen LogP contribution in [0.15, 0.2) is 40.4 Å². The van der Waals surface area contributed by atoms with Gasteiger partial charge in [-0.15, -0.1) is 0 Å². The molecule has 0 aliphatic heterocycles. The van der Waals surface area contributed by atoms with Gasteiger partial charge in [-0.2, -0.15) is 0 Å². The molecule has 1 aromatic heterocycles. The van der Waals surface area contributed by atoms with Crippen LogP contribution in [0.1, 0.15) is 31.7 Å². The number of hydrogen-bond donors (Lipinski definition) is 1. The summed E-state index contributed by atoms with van der Waals surface area (Å²) >= 11 is 1.43. The zero-order valence-corrected chi connectivity index (χ0v) is 16.9. The molecular formula is C18H23N3O3S2. The van der Waals surface area contributed by atoms with Crippen LogP contribution < -0.4 is 5.32 Å². The fourth-order valence-electron chi connectivity index (χ4n) is 2.32. The van der Waals surface area contributed by atoms with E-state index in [9.17, 15) is 13.2 Å². The highest BCUT2D eigenvalue weighted by molar-refractivity contribution is 7.99. The molecule has 1 amide bonds. The molecule has 8 heteroatoms. The maximum atomic E-state index is 12.2. The molecule has 1 atom stereocenters. The Bertz CT molecular complexity index is 861. The minimum Gasteiger partial charge on any atom is -0.325 e. The molecule has 0 aliphatic rings. The van der Waals surface area contributed by atoms with Crippen molar-refractivity contribution in [2.75, 3.05) is 11.1 Å². The molecule has 0 saturated heterocycles. The number of nitrogens with one attached hydrogen (secondary N) is 1. The fraction of sp³-hybridized carbons (Fsp3) is 0.389. The van der Waals surface area contributed by atoms with Gasteiger partial charge in [0.2, 0.25) is 5.91 Å². The molecule has 1 unspecified atom stereocenters. The van der Waals surface area contributed by atoms with Gasteiger partial charge in [0.25, 0.3) is 0 Å². The predicted molar refractivity (Wildman–Crippen MR) is 104 cm³/mol. The van der Waals surface area contributed by atoms with Crippen LogP contribution >= 0.6 is 11.8 Å². The fourth-order valence-corrected chi connectivity index (χ4v) is 4.49. The molecule has 2 aromatic rings. The Morgan fingerprint density at radius 3 is 2.27 bits per heavy atom. The molecule has 0 radical (unpaired) electrons. The number of rotatable bonds is 7. The summed E-state index contributed by atoms with van der Waals surface area (Å²) in [6, 6.07) is 9.07. The van der Waals surface area contributed by atoms with Crippen LogP contribution in [0.2, 0.25) is 0 Å². The Morgan fingerprint density at radius 1 is 1.15 bits per heavy atom. The number of carbonyl (C=O) groups is 1. The first-order chi connectivity index (χ1) is 12.2. The SMILES string of the molecule is CCCS(=O)(=O)C(C)C(=O)Nc1ccc(Sc2nc(C)cc(C)n2)cc1. The first-order valence-corrected chi connectivity index (χ1v) is 10.9. The number of hydrogen-bond acceptors (Lipinski definition) is 6. The summed E-state index contributed by atoms with van der Waals surface area (Å²) in [7, 11) is -3.42. The summed E-state index contributed by atoms with van der Waals surface area (Å²) in [5, 5.41) is 2.25. The standard InChI is InChI=1S/C18H23N3O3S2/c1-5-10-26(23,24)14(4)17(22)21-15-6-8-16(9-7-15)25-18-19-12(2)11-13(3)20-18/h6-9,11,14H,5,10H2,1-4H3,(H,21,22). The van der Waals surface area contributed by atoms with E-state index in [0.717, 1.165) is 16.3 Å². The third kappa shape index (κ3) is 5.54. The van der Waals surface area contributed by atoms with Gasteiger partial charge in [-0.3, -0.25) is 4.79 Å². The second kappa shape index (κ2) is 8.64. The van der Waals surface area contributed by atoms with E-state index in [1.807, 2.05) is 32.0 Å². The second-order valence-electron chi connectivity index (χ2n) is 6.06. The molecule has 6 nitrogen and oxygen atoms in total. The maximum absolute atomic E-state index is 12.2. The van der Waals surface area contributed by atoms with Crippen LogP contribution in [0.5, 0.6) is 0 Å². The van der Waals surface area contributed by atoms with E-state index in [-0.39, 0.29) is 5.75 Å². The van der Waals surface area contributed by atoms with Crippen molar-refractivity contribution in [1.82, 2.24) is 9.97 Å². The molecule has 0 bridgehead atoms. The van der Waals surface area contributed by atoms with Crippen LogP contribution in [-0.4, -0.2) is 35.3 Å². The van der Waals surface area contributed by atoms with Gasteiger partial charge in [-0.05, 0) is 69.3 Å². The van der Waals surface area contributed by atoms with Crippen LogP contribution in [0.25, 0.3) is 0 Å². The lowest BCUT2D eigenvalue weighted by molar-refractivity contribution is -0.115. The quantitative estimate of drug-likeness (QED) is 0.725. The Morgan fingerprint density at radius 2 is 1.73 bits per heavy atom. The van der Waals surface area contributed by atoms with E-state index >= 15 is 0 Å². The Labute approximate surface area is 158 Å². The summed E-state index contributed by atoms with van der Waals surface area (Å²) in [5.74, 6) is -0.510. The number of aryl methyl sites for hydroxylation is 2. The molecule has 0 fully saturated rings.